The van der Waals surface area contributed by atoms with E-state index in [1.807, 2.05) is 0 Å². The molecular formula is C21H33N3O6S2. The van der Waals surface area contributed by atoms with Gasteiger partial charge in [0, 0.05) is 37.8 Å². The van der Waals surface area contributed by atoms with Crippen LogP contribution in [0.1, 0.15) is 46.0 Å². The van der Waals surface area contributed by atoms with E-state index in [1.54, 1.807) is 26.0 Å². The van der Waals surface area contributed by atoms with Crippen molar-refractivity contribution in [3.8, 4) is 5.75 Å². The van der Waals surface area contributed by atoms with Crippen molar-refractivity contribution in [2.75, 3.05) is 43.9 Å². The van der Waals surface area contributed by atoms with E-state index in [2.05, 4.69) is 5.32 Å². The molecule has 11 heteroatoms. The molecule has 1 aromatic carbocycles. The maximum Gasteiger partial charge on any atom is 0.246 e. The van der Waals surface area contributed by atoms with Crippen LogP contribution in [0.4, 0.5) is 5.69 Å². The smallest absolute Gasteiger partial charge is 0.246 e. The molecule has 0 bridgehead atoms. The van der Waals surface area contributed by atoms with Crippen LogP contribution in [0.3, 0.4) is 0 Å². The second-order valence-electron chi connectivity index (χ2n) is 8.12. The molecule has 2 fully saturated rings. The molecule has 0 aliphatic carbocycles. The Balaban J connectivity index is 1.75. The lowest BCUT2D eigenvalue weighted by Crippen LogP contribution is -2.42. The number of carbonyl (C=O) groups excluding carboxylic acids is 1. The fourth-order valence-electron chi connectivity index (χ4n) is 4.13. The summed E-state index contributed by atoms with van der Waals surface area (Å²) >= 11 is 0. The first-order valence-electron chi connectivity index (χ1n) is 11.2. The molecule has 0 unspecified atom stereocenters. The number of hydrogen-bond acceptors (Lipinski definition) is 6. The van der Waals surface area contributed by atoms with E-state index in [-0.39, 0.29) is 28.2 Å². The Labute approximate surface area is 191 Å². The monoisotopic (exact) mass is 487 g/mol. The highest BCUT2D eigenvalue weighted by Gasteiger charge is 2.32. The van der Waals surface area contributed by atoms with Crippen molar-refractivity contribution in [2.24, 2.45) is 5.92 Å². The summed E-state index contributed by atoms with van der Waals surface area (Å²) in [4.78, 5) is 12.9. The van der Waals surface area contributed by atoms with E-state index >= 15 is 0 Å². The van der Waals surface area contributed by atoms with Crippen LogP contribution in [-0.4, -0.2) is 69.9 Å². The number of hydrogen-bond donors (Lipinski definition) is 1. The zero-order valence-electron chi connectivity index (χ0n) is 18.7. The predicted octanol–water partition coefficient (Wildman–Crippen LogP) is 2.26. The summed E-state index contributed by atoms with van der Waals surface area (Å²) in [6.07, 6.45) is 3.53. The Morgan fingerprint density at radius 2 is 1.66 bits per heavy atom. The van der Waals surface area contributed by atoms with Crippen molar-refractivity contribution in [3.63, 3.8) is 0 Å². The molecule has 1 aromatic rings. The van der Waals surface area contributed by atoms with Gasteiger partial charge in [0.25, 0.3) is 0 Å². The van der Waals surface area contributed by atoms with Crippen LogP contribution in [0.2, 0.25) is 0 Å². The molecule has 2 aliphatic heterocycles. The third kappa shape index (κ3) is 5.62. The molecule has 9 nitrogen and oxygen atoms in total. The van der Waals surface area contributed by atoms with E-state index in [0.717, 1.165) is 19.3 Å². The van der Waals surface area contributed by atoms with Crippen molar-refractivity contribution >= 4 is 31.6 Å². The molecule has 0 spiro atoms. The zero-order chi connectivity index (χ0) is 23.4. The normalized spacial score (nSPS) is 19.6. The second kappa shape index (κ2) is 10.5. The number of nitrogens with zero attached hydrogens (tertiary/aromatic N) is 2. The van der Waals surface area contributed by atoms with Crippen molar-refractivity contribution in [2.45, 2.75) is 50.8 Å². The van der Waals surface area contributed by atoms with E-state index in [1.165, 1.54) is 14.7 Å². The summed E-state index contributed by atoms with van der Waals surface area (Å²) in [5.41, 5.74) is 0.387. The molecule has 32 heavy (non-hydrogen) atoms. The van der Waals surface area contributed by atoms with Crippen LogP contribution in [0.25, 0.3) is 0 Å². The Bertz CT molecular complexity index is 1010. The molecule has 1 N–H and O–H groups in total. The van der Waals surface area contributed by atoms with Crippen LogP contribution >= 0.6 is 0 Å². The highest BCUT2D eigenvalue weighted by molar-refractivity contribution is 7.89. The maximum absolute atomic E-state index is 13.3. The summed E-state index contributed by atoms with van der Waals surface area (Å²) in [5, 5.41) is 2.82. The SMILES string of the molecule is CCOc1ccc(NC(=O)C2CCN(S(=O)(=O)CC)CC2)cc1S(=O)(=O)N1CCCCC1. The topological polar surface area (TPSA) is 113 Å². The highest BCUT2D eigenvalue weighted by Crippen LogP contribution is 2.32. The number of rotatable bonds is 8. The number of carbonyl (C=O) groups is 1. The van der Waals surface area contributed by atoms with Crippen LogP contribution in [0, 0.1) is 5.92 Å². The van der Waals surface area contributed by atoms with Gasteiger partial charge in [-0.3, -0.25) is 4.79 Å². The first-order valence-corrected chi connectivity index (χ1v) is 14.3. The molecule has 0 aromatic heterocycles. The molecule has 0 radical (unpaired) electrons. The van der Waals surface area contributed by atoms with Gasteiger partial charge in [0.15, 0.2) is 0 Å². The third-order valence-electron chi connectivity index (χ3n) is 6.03. The van der Waals surface area contributed by atoms with Gasteiger partial charge in [0.2, 0.25) is 26.0 Å². The first-order chi connectivity index (χ1) is 15.2. The van der Waals surface area contributed by atoms with Gasteiger partial charge in [0.05, 0.1) is 12.4 Å². The van der Waals surface area contributed by atoms with Gasteiger partial charge in [-0.05, 0) is 57.7 Å². The van der Waals surface area contributed by atoms with Gasteiger partial charge in [-0.2, -0.15) is 4.31 Å². The number of amides is 1. The molecule has 2 saturated heterocycles. The van der Waals surface area contributed by atoms with Gasteiger partial charge in [0.1, 0.15) is 10.6 Å². The Hall–Kier alpha value is -1.69. The molecular weight excluding hydrogens is 454 g/mol. The molecule has 3 rings (SSSR count). The van der Waals surface area contributed by atoms with Gasteiger partial charge >= 0.3 is 0 Å². The molecule has 2 heterocycles. The second-order valence-corrected chi connectivity index (χ2v) is 12.3. The fraction of sp³-hybridized carbons (Fsp3) is 0.667. The van der Waals surface area contributed by atoms with Gasteiger partial charge in [-0.15, -0.1) is 0 Å². The standard InChI is InChI=1S/C21H33N3O6S2/c1-3-30-19-9-8-18(16-20(19)32(28,29)24-12-6-5-7-13-24)22-21(25)17-10-14-23(15-11-17)31(26,27)4-2/h8-9,16-17H,3-7,10-15H2,1-2H3,(H,22,25). The average molecular weight is 488 g/mol. The molecule has 180 valence electrons. The van der Waals surface area contributed by atoms with Gasteiger partial charge < -0.3 is 10.1 Å². The Kier molecular flexibility index (Phi) is 8.18. The third-order valence-corrected chi connectivity index (χ3v) is 9.83. The zero-order valence-corrected chi connectivity index (χ0v) is 20.4. The lowest BCUT2D eigenvalue weighted by atomic mass is 9.97. The van der Waals surface area contributed by atoms with Crippen molar-refractivity contribution in [1.82, 2.24) is 8.61 Å². The fourth-order valence-corrected chi connectivity index (χ4v) is 6.94. The van der Waals surface area contributed by atoms with Crippen molar-refractivity contribution in [3.05, 3.63) is 18.2 Å². The summed E-state index contributed by atoms with van der Waals surface area (Å²) < 4.78 is 59.0. The van der Waals surface area contributed by atoms with E-state index in [9.17, 15) is 21.6 Å². The number of ether oxygens (including phenoxy) is 1. The molecule has 2 aliphatic rings. The number of anilines is 1. The van der Waals surface area contributed by atoms with E-state index < -0.39 is 20.0 Å². The maximum atomic E-state index is 13.3. The van der Waals surface area contributed by atoms with Crippen LogP contribution in [0.15, 0.2) is 23.1 Å². The number of sulfonamides is 2. The number of benzene rings is 1. The molecule has 0 atom stereocenters. The summed E-state index contributed by atoms with van der Waals surface area (Å²) in [7, 11) is -7.00. The van der Waals surface area contributed by atoms with Crippen molar-refractivity contribution < 1.29 is 26.4 Å². The Morgan fingerprint density at radius 3 is 2.25 bits per heavy atom. The Morgan fingerprint density at radius 1 is 1.00 bits per heavy atom. The lowest BCUT2D eigenvalue weighted by molar-refractivity contribution is -0.120. The van der Waals surface area contributed by atoms with E-state index in [0.29, 0.717) is 51.3 Å². The molecule has 0 saturated carbocycles. The minimum Gasteiger partial charge on any atom is -0.492 e. The van der Waals surface area contributed by atoms with Crippen molar-refractivity contribution in [1.29, 1.82) is 0 Å². The van der Waals surface area contributed by atoms with Crippen LogP contribution < -0.4 is 10.1 Å². The van der Waals surface area contributed by atoms with Gasteiger partial charge in [-0.1, -0.05) is 6.42 Å². The lowest BCUT2D eigenvalue weighted by Gasteiger charge is -2.30. The summed E-state index contributed by atoms with van der Waals surface area (Å²) in [6.45, 7) is 5.30. The minimum absolute atomic E-state index is 0.0459. The quantitative estimate of drug-likeness (QED) is 0.602. The summed E-state index contributed by atoms with van der Waals surface area (Å²) in [5.74, 6) is -0.241. The molecule has 1 amide bonds. The number of nitrogens with one attached hydrogen (secondary N) is 1. The van der Waals surface area contributed by atoms with Crippen LogP contribution in [-0.2, 0) is 24.8 Å². The van der Waals surface area contributed by atoms with Crippen LogP contribution in [0.5, 0.6) is 5.75 Å². The van der Waals surface area contributed by atoms with Gasteiger partial charge in [-0.25, -0.2) is 21.1 Å². The predicted molar refractivity (Wildman–Crippen MR) is 123 cm³/mol. The highest BCUT2D eigenvalue weighted by atomic mass is 32.2. The first kappa shape index (κ1) is 24.9. The summed E-state index contributed by atoms with van der Waals surface area (Å²) in [6, 6.07) is 4.67. The number of piperidine rings is 2. The van der Waals surface area contributed by atoms with E-state index in [4.69, 9.17) is 4.74 Å². The minimum atomic E-state index is -3.74. The largest absolute Gasteiger partial charge is 0.492 e. The average Bonchev–Trinajstić information content (AvgIpc) is 2.80.